The van der Waals surface area contributed by atoms with E-state index in [4.69, 9.17) is 9.47 Å². The average molecular weight is 214 g/mol. The number of hydrogen-bond donors (Lipinski definition) is 0. The summed E-state index contributed by atoms with van der Waals surface area (Å²) in [5.74, 6) is -0.769. The fourth-order valence-electron chi connectivity index (χ4n) is 2.23. The Balaban J connectivity index is 2.74. The normalized spacial score (nSPS) is 30.7. The van der Waals surface area contributed by atoms with E-state index in [1.165, 1.54) is 14.2 Å². The fraction of sp³-hybridized carbons (Fsp3) is 0.818. The Kier molecular flexibility index (Phi) is 4.12. The van der Waals surface area contributed by atoms with Gasteiger partial charge in [-0.3, -0.25) is 9.59 Å². The van der Waals surface area contributed by atoms with Crippen molar-refractivity contribution in [2.45, 2.75) is 26.2 Å². The number of rotatable bonds is 2. The highest BCUT2D eigenvalue weighted by molar-refractivity contribution is 5.82. The van der Waals surface area contributed by atoms with Crippen LogP contribution in [0.2, 0.25) is 0 Å². The standard InChI is InChI=1S/C11H18O4/c1-7-4-5-8(10(12)14-2)9(6-7)11(13)15-3/h7-9H,4-6H2,1-3H3. The molecule has 4 nitrogen and oxygen atoms in total. The minimum atomic E-state index is -0.328. The van der Waals surface area contributed by atoms with Crippen LogP contribution in [0.5, 0.6) is 0 Å². The zero-order chi connectivity index (χ0) is 11.4. The van der Waals surface area contributed by atoms with Gasteiger partial charge in [0.15, 0.2) is 0 Å². The van der Waals surface area contributed by atoms with Gasteiger partial charge in [-0.05, 0) is 25.2 Å². The zero-order valence-electron chi connectivity index (χ0n) is 9.49. The smallest absolute Gasteiger partial charge is 0.309 e. The molecule has 0 spiro atoms. The summed E-state index contributed by atoms with van der Waals surface area (Å²) in [6.07, 6.45) is 2.40. The highest BCUT2D eigenvalue weighted by atomic mass is 16.5. The van der Waals surface area contributed by atoms with Gasteiger partial charge in [-0.15, -0.1) is 0 Å². The van der Waals surface area contributed by atoms with Crippen molar-refractivity contribution in [1.82, 2.24) is 0 Å². The summed E-state index contributed by atoms with van der Waals surface area (Å²) >= 11 is 0. The Morgan fingerprint density at radius 1 is 1.00 bits per heavy atom. The van der Waals surface area contributed by atoms with E-state index in [1.54, 1.807) is 0 Å². The third-order valence-corrected chi connectivity index (χ3v) is 3.12. The van der Waals surface area contributed by atoms with Crippen molar-refractivity contribution in [2.24, 2.45) is 17.8 Å². The number of carbonyl (C=O) groups excluding carboxylic acids is 2. The molecule has 86 valence electrons. The van der Waals surface area contributed by atoms with Crippen LogP contribution in [0.15, 0.2) is 0 Å². The molecule has 0 radical (unpaired) electrons. The maximum atomic E-state index is 11.5. The van der Waals surface area contributed by atoms with Gasteiger partial charge >= 0.3 is 11.9 Å². The molecule has 3 atom stereocenters. The third kappa shape index (κ3) is 2.70. The van der Waals surface area contributed by atoms with E-state index < -0.39 is 0 Å². The molecule has 4 heteroatoms. The maximum Gasteiger partial charge on any atom is 0.309 e. The monoisotopic (exact) mass is 214 g/mol. The van der Waals surface area contributed by atoms with Crippen LogP contribution in [0.3, 0.4) is 0 Å². The molecule has 3 unspecified atom stereocenters. The highest BCUT2D eigenvalue weighted by Gasteiger charge is 2.39. The Labute approximate surface area is 89.9 Å². The van der Waals surface area contributed by atoms with Crippen LogP contribution in [0, 0.1) is 17.8 Å². The van der Waals surface area contributed by atoms with Crippen LogP contribution < -0.4 is 0 Å². The second-order valence-corrected chi connectivity index (χ2v) is 4.18. The van der Waals surface area contributed by atoms with Crippen molar-refractivity contribution in [2.75, 3.05) is 14.2 Å². The van der Waals surface area contributed by atoms with Gasteiger partial charge in [-0.2, -0.15) is 0 Å². The van der Waals surface area contributed by atoms with Gasteiger partial charge < -0.3 is 9.47 Å². The van der Waals surface area contributed by atoms with Gasteiger partial charge in [0, 0.05) is 0 Å². The van der Waals surface area contributed by atoms with Crippen molar-refractivity contribution < 1.29 is 19.1 Å². The van der Waals surface area contributed by atoms with Crippen LogP contribution in [0.1, 0.15) is 26.2 Å². The van der Waals surface area contributed by atoms with Crippen LogP contribution in [-0.4, -0.2) is 26.2 Å². The average Bonchev–Trinajstić information content (AvgIpc) is 2.26. The number of esters is 2. The van der Waals surface area contributed by atoms with Gasteiger partial charge in [-0.25, -0.2) is 0 Å². The first-order chi connectivity index (χ1) is 7.10. The lowest BCUT2D eigenvalue weighted by molar-refractivity contribution is -0.160. The van der Waals surface area contributed by atoms with E-state index in [9.17, 15) is 9.59 Å². The number of ether oxygens (including phenoxy) is 2. The van der Waals surface area contributed by atoms with Gasteiger partial charge in [0.1, 0.15) is 0 Å². The lowest BCUT2D eigenvalue weighted by Crippen LogP contribution is -2.36. The largest absolute Gasteiger partial charge is 0.469 e. The van der Waals surface area contributed by atoms with Crippen LogP contribution in [0.4, 0.5) is 0 Å². The van der Waals surface area contributed by atoms with Crippen LogP contribution >= 0.6 is 0 Å². The molecule has 1 saturated carbocycles. The van der Waals surface area contributed by atoms with E-state index >= 15 is 0 Å². The molecule has 0 saturated heterocycles. The molecule has 0 amide bonds. The van der Waals surface area contributed by atoms with Gasteiger partial charge in [-0.1, -0.05) is 6.92 Å². The van der Waals surface area contributed by atoms with Crippen molar-refractivity contribution >= 4 is 11.9 Å². The summed E-state index contributed by atoms with van der Waals surface area (Å²) in [6, 6.07) is 0. The van der Waals surface area contributed by atoms with Gasteiger partial charge in [0.25, 0.3) is 0 Å². The van der Waals surface area contributed by atoms with Gasteiger partial charge in [0.2, 0.25) is 0 Å². The first-order valence-electron chi connectivity index (χ1n) is 5.25. The molecule has 0 aromatic heterocycles. The highest BCUT2D eigenvalue weighted by Crippen LogP contribution is 2.35. The third-order valence-electron chi connectivity index (χ3n) is 3.12. The van der Waals surface area contributed by atoms with Gasteiger partial charge in [0.05, 0.1) is 26.1 Å². The molecule has 15 heavy (non-hydrogen) atoms. The summed E-state index contributed by atoms with van der Waals surface area (Å²) in [4.78, 5) is 23.0. The summed E-state index contributed by atoms with van der Waals surface area (Å²) in [5, 5.41) is 0. The Morgan fingerprint density at radius 3 is 2.07 bits per heavy atom. The molecule has 0 heterocycles. The van der Waals surface area contributed by atoms with E-state index in [2.05, 4.69) is 6.92 Å². The predicted octanol–water partition coefficient (Wildman–Crippen LogP) is 1.38. The van der Waals surface area contributed by atoms with E-state index in [0.717, 1.165) is 6.42 Å². The Hall–Kier alpha value is -1.06. The second kappa shape index (κ2) is 5.14. The molecular weight excluding hydrogens is 196 g/mol. The summed E-state index contributed by atoms with van der Waals surface area (Å²) in [6.45, 7) is 2.09. The number of carbonyl (C=O) groups is 2. The quantitative estimate of drug-likeness (QED) is 0.652. The van der Waals surface area contributed by atoms with Crippen LogP contribution in [0.25, 0.3) is 0 Å². The minimum absolute atomic E-state index is 0.294. The second-order valence-electron chi connectivity index (χ2n) is 4.18. The maximum absolute atomic E-state index is 11.5. The first-order valence-corrected chi connectivity index (χ1v) is 5.25. The van der Waals surface area contributed by atoms with E-state index in [-0.39, 0.29) is 23.8 Å². The van der Waals surface area contributed by atoms with E-state index in [0.29, 0.717) is 18.8 Å². The SMILES string of the molecule is COC(=O)C1CCC(C)CC1C(=O)OC. The predicted molar refractivity (Wildman–Crippen MR) is 54.0 cm³/mol. The molecular formula is C11H18O4. The molecule has 1 fully saturated rings. The number of hydrogen-bond acceptors (Lipinski definition) is 4. The summed E-state index contributed by atoms with van der Waals surface area (Å²) in [5.41, 5.74) is 0. The molecule has 0 aromatic carbocycles. The molecule has 0 N–H and O–H groups in total. The lowest BCUT2D eigenvalue weighted by Gasteiger charge is -2.31. The Bertz CT molecular complexity index is 249. The molecule has 0 aliphatic heterocycles. The molecule has 0 bridgehead atoms. The summed E-state index contributed by atoms with van der Waals surface area (Å²) < 4.78 is 9.42. The summed E-state index contributed by atoms with van der Waals surface area (Å²) in [7, 11) is 2.71. The van der Waals surface area contributed by atoms with Crippen LogP contribution in [-0.2, 0) is 19.1 Å². The first kappa shape index (κ1) is 12.0. The minimum Gasteiger partial charge on any atom is -0.469 e. The zero-order valence-corrected chi connectivity index (χ0v) is 9.49. The van der Waals surface area contributed by atoms with E-state index in [1.807, 2.05) is 0 Å². The van der Waals surface area contributed by atoms with Crippen molar-refractivity contribution in [1.29, 1.82) is 0 Å². The molecule has 1 rings (SSSR count). The number of methoxy groups -OCH3 is 2. The van der Waals surface area contributed by atoms with Crippen molar-refractivity contribution in [3.8, 4) is 0 Å². The molecule has 1 aliphatic carbocycles. The topological polar surface area (TPSA) is 52.6 Å². The van der Waals surface area contributed by atoms with Crippen molar-refractivity contribution in [3.05, 3.63) is 0 Å². The Morgan fingerprint density at radius 2 is 1.53 bits per heavy atom. The fourth-order valence-corrected chi connectivity index (χ4v) is 2.23. The molecule has 1 aliphatic rings. The molecule has 0 aromatic rings. The van der Waals surface area contributed by atoms with Crippen molar-refractivity contribution in [3.63, 3.8) is 0 Å². The lowest BCUT2D eigenvalue weighted by atomic mass is 9.74.